The van der Waals surface area contributed by atoms with Crippen LogP contribution in [0.25, 0.3) is 22.8 Å². The maximum Gasteiger partial charge on any atom is 0.256 e. The van der Waals surface area contributed by atoms with Gasteiger partial charge in [0.05, 0.1) is 11.8 Å². The van der Waals surface area contributed by atoms with Gasteiger partial charge in [0, 0.05) is 16.8 Å². The molecule has 31 heavy (non-hydrogen) atoms. The van der Waals surface area contributed by atoms with E-state index in [1.54, 1.807) is 36.5 Å². The predicted molar refractivity (Wildman–Crippen MR) is 120 cm³/mol. The highest BCUT2D eigenvalue weighted by atomic mass is 19.1. The molecule has 0 aliphatic rings. The van der Waals surface area contributed by atoms with Gasteiger partial charge in [0.25, 0.3) is 5.91 Å². The number of nitrogens with one attached hydrogen (secondary N) is 1. The van der Waals surface area contributed by atoms with Crippen molar-refractivity contribution >= 4 is 11.6 Å². The summed E-state index contributed by atoms with van der Waals surface area (Å²) in [6.45, 7) is 2.17. The third kappa shape index (κ3) is 4.89. The molecular weight excluding hydrogens is 391 g/mol. The summed E-state index contributed by atoms with van der Waals surface area (Å²) in [6, 6.07) is 21.1. The van der Waals surface area contributed by atoms with Gasteiger partial charge < -0.3 is 9.73 Å². The summed E-state index contributed by atoms with van der Waals surface area (Å²) in [5.41, 5.74) is 3.76. The number of hydrogen-bond acceptors (Lipinski definition) is 3. The predicted octanol–water partition coefficient (Wildman–Crippen LogP) is 6.74. The van der Waals surface area contributed by atoms with Crippen molar-refractivity contribution in [2.45, 2.75) is 26.2 Å². The maximum atomic E-state index is 13.2. The van der Waals surface area contributed by atoms with Crippen molar-refractivity contribution < 1.29 is 13.6 Å². The lowest BCUT2D eigenvalue weighted by Crippen LogP contribution is -2.13. The number of halogens is 1. The standard InChI is InChI=1S/C26H23FN2O2/c1-2-3-6-18-9-15-21(16-10-18)29-25(30)22-7-4-5-8-23(22)26-28-17-24(31-26)19-11-13-20(27)14-12-19/h4-5,7-17H,2-3,6H2,1H3,(H,29,30). The number of hydrogen-bond donors (Lipinski definition) is 1. The first-order valence-electron chi connectivity index (χ1n) is 10.4. The minimum atomic E-state index is -0.316. The third-order valence-corrected chi connectivity index (χ3v) is 5.07. The molecule has 0 unspecified atom stereocenters. The summed E-state index contributed by atoms with van der Waals surface area (Å²) in [4.78, 5) is 17.3. The molecule has 1 amide bonds. The molecule has 1 aromatic heterocycles. The molecule has 0 aliphatic carbocycles. The summed E-state index contributed by atoms with van der Waals surface area (Å²) in [5.74, 6) is 0.287. The second-order valence-electron chi connectivity index (χ2n) is 7.34. The lowest BCUT2D eigenvalue weighted by atomic mass is 10.1. The van der Waals surface area contributed by atoms with Crippen LogP contribution >= 0.6 is 0 Å². The van der Waals surface area contributed by atoms with Crippen molar-refractivity contribution in [2.24, 2.45) is 0 Å². The Morgan fingerprint density at radius 3 is 2.48 bits per heavy atom. The fourth-order valence-electron chi connectivity index (χ4n) is 3.35. The average Bonchev–Trinajstić information content (AvgIpc) is 3.29. The van der Waals surface area contributed by atoms with Crippen LogP contribution in [0, 0.1) is 5.82 Å². The van der Waals surface area contributed by atoms with E-state index in [9.17, 15) is 9.18 Å². The topological polar surface area (TPSA) is 55.1 Å². The van der Waals surface area contributed by atoms with Crippen LogP contribution in [0.4, 0.5) is 10.1 Å². The summed E-state index contributed by atoms with van der Waals surface area (Å²) in [6.07, 6.45) is 4.91. The summed E-state index contributed by atoms with van der Waals surface area (Å²) in [7, 11) is 0. The first kappa shape index (κ1) is 20.5. The van der Waals surface area contributed by atoms with Crippen LogP contribution in [0.15, 0.2) is 83.4 Å². The molecule has 156 valence electrons. The van der Waals surface area contributed by atoms with E-state index in [1.807, 2.05) is 30.3 Å². The average molecular weight is 414 g/mol. The van der Waals surface area contributed by atoms with Gasteiger partial charge >= 0.3 is 0 Å². The van der Waals surface area contributed by atoms with Crippen molar-refractivity contribution in [1.82, 2.24) is 4.98 Å². The molecule has 1 heterocycles. The fourth-order valence-corrected chi connectivity index (χ4v) is 3.35. The number of carbonyl (C=O) groups excluding carboxylic acids is 1. The minimum absolute atomic E-state index is 0.238. The van der Waals surface area contributed by atoms with Crippen molar-refractivity contribution in [1.29, 1.82) is 0 Å². The van der Waals surface area contributed by atoms with Crippen LogP contribution in [0.1, 0.15) is 35.7 Å². The Morgan fingerprint density at radius 1 is 1.00 bits per heavy atom. The molecule has 0 radical (unpaired) electrons. The highest BCUT2D eigenvalue weighted by molar-refractivity contribution is 6.08. The number of rotatable bonds is 7. The van der Waals surface area contributed by atoms with Crippen LogP contribution in [0.5, 0.6) is 0 Å². The zero-order chi connectivity index (χ0) is 21.6. The smallest absolute Gasteiger partial charge is 0.256 e. The van der Waals surface area contributed by atoms with Crippen molar-refractivity contribution in [3.63, 3.8) is 0 Å². The Hall–Kier alpha value is -3.73. The monoisotopic (exact) mass is 414 g/mol. The van der Waals surface area contributed by atoms with Crippen LogP contribution in [-0.4, -0.2) is 10.9 Å². The lowest BCUT2D eigenvalue weighted by molar-refractivity contribution is 0.102. The molecule has 4 rings (SSSR count). The van der Waals surface area contributed by atoms with E-state index in [-0.39, 0.29) is 11.7 Å². The van der Waals surface area contributed by atoms with Gasteiger partial charge in [-0.05, 0) is 66.9 Å². The molecule has 4 nitrogen and oxygen atoms in total. The number of aryl methyl sites for hydroxylation is 1. The quantitative estimate of drug-likeness (QED) is 0.364. The van der Waals surface area contributed by atoms with Gasteiger partial charge in [-0.3, -0.25) is 4.79 Å². The van der Waals surface area contributed by atoms with E-state index in [4.69, 9.17) is 4.42 Å². The van der Waals surface area contributed by atoms with Crippen LogP contribution in [0.2, 0.25) is 0 Å². The van der Waals surface area contributed by atoms with Crippen LogP contribution < -0.4 is 5.32 Å². The second kappa shape index (κ2) is 9.39. The highest BCUT2D eigenvalue weighted by Crippen LogP contribution is 2.29. The molecule has 0 atom stereocenters. The Labute approximate surface area is 180 Å². The van der Waals surface area contributed by atoms with Crippen LogP contribution in [-0.2, 0) is 6.42 Å². The zero-order valence-electron chi connectivity index (χ0n) is 17.3. The summed E-state index contributed by atoms with van der Waals surface area (Å²) >= 11 is 0. The number of benzene rings is 3. The number of oxazole rings is 1. The third-order valence-electron chi connectivity index (χ3n) is 5.07. The minimum Gasteiger partial charge on any atom is -0.436 e. The molecule has 0 fully saturated rings. The van der Waals surface area contributed by atoms with Crippen molar-refractivity contribution in [3.8, 4) is 22.8 Å². The number of nitrogens with zero attached hydrogens (tertiary/aromatic N) is 1. The maximum absolute atomic E-state index is 13.2. The van der Waals surface area contributed by atoms with E-state index in [2.05, 4.69) is 17.2 Å². The van der Waals surface area contributed by atoms with Gasteiger partial charge in [0.1, 0.15) is 5.82 Å². The Morgan fingerprint density at radius 2 is 1.74 bits per heavy atom. The van der Waals surface area contributed by atoms with Crippen molar-refractivity contribution in [3.05, 3.63) is 95.9 Å². The molecule has 3 aromatic carbocycles. The van der Waals surface area contributed by atoms with Gasteiger partial charge in [0.15, 0.2) is 5.76 Å². The van der Waals surface area contributed by atoms with E-state index >= 15 is 0 Å². The second-order valence-corrected chi connectivity index (χ2v) is 7.34. The molecule has 0 spiro atoms. The summed E-state index contributed by atoms with van der Waals surface area (Å²) in [5, 5.41) is 2.95. The Balaban J connectivity index is 1.54. The number of aromatic nitrogens is 1. The lowest BCUT2D eigenvalue weighted by Gasteiger charge is -2.09. The van der Waals surface area contributed by atoms with E-state index in [0.29, 0.717) is 28.3 Å². The molecule has 0 saturated carbocycles. The fraction of sp³-hybridized carbons (Fsp3) is 0.154. The Kier molecular flexibility index (Phi) is 6.22. The normalized spacial score (nSPS) is 10.8. The largest absolute Gasteiger partial charge is 0.436 e. The van der Waals surface area contributed by atoms with Gasteiger partial charge in [0.2, 0.25) is 5.89 Å². The van der Waals surface area contributed by atoms with E-state index in [1.165, 1.54) is 17.7 Å². The van der Waals surface area contributed by atoms with Gasteiger partial charge in [-0.25, -0.2) is 9.37 Å². The van der Waals surface area contributed by atoms with Gasteiger partial charge in [-0.1, -0.05) is 37.6 Å². The number of carbonyl (C=O) groups is 1. The van der Waals surface area contributed by atoms with Gasteiger partial charge in [-0.2, -0.15) is 0 Å². The number of amides is 1. The number of anilines is 1. The summed E-state index contributed by atoms with van der Waals surface area (Å²) < 4.78 is 19.1. The Bertz CT molecular complexity index is 1160. The van der Waals surface area contributed by atoms with E-state index in [0.717, 1.165) is 24.9 Å². The van der Waals surface area contributed by atoms with E-state index < -0.39 is 0 Å². The molecule has 0 saturated heterocycles. The first-order chi connectivity index (χ1) is 15.1. The molecule has 4 aromatic rings. The van der Waals surface area contributed by atoms with Crippen LogP contribution in [0.3, 0.4) is 0 Å². The molecular formula is C26H23FN2O2. The molecule has 1 N–H and O–H groups in total. The molecule has 0 bridgehead atoms. The van der Waals surface area contributed by atoms with Crippen molar-refractivity contribution in [2.75, 3.05) is 5.32 Å². The highest BCUT2D eigenvalue weighted by Gasteiger charge is 2.17. The van der Waals surface area contributed by atoms with Gasteiger partial charge in [-0.15, -0.1) is 0 Å². The first-order valence-corrected chi connectivity index (χ1v) is 10.4. The molecule has 5 heteroatoms. The SMILES string of the molecule is CCCCc1ccc(NC(=O)c2ccccc2-c2ncc(-c3ccc(F)cc3)o2)cc1. The molecule has 0 aliphatic heterocycles. The number of unbranched alkanes of at least 4 members (excludes halogenated alkanes) is 1. The zero-order valence-corrected chi connectivity index (χ0v) is 17.3.